The second-order valence-corrected chi connectivity index (χ2v) is 5.44. The quantitative estimate of drug-likeness (QED) is 0.431. The lowest BCUT2D eigenvalue weighted by molar-refractivity contribution is -0.370. The molecule has 0 amide bonds. The van der Waals surface area contributed by atoms with Crippen LogP contribution in [0.15, 0.2) is 0 Å². The number of aliphatic hydroxyl groups is 1. The molecule has 2 aliphatic carbocycles. The molecule has 3 atom stereocenters. The predicted molar refractivity (Wildman–Crippen MR) is 52.3 cm³/mol. The normalized spacial score (nSPS) is 44.6. The molecular weight excluding hydrogens is 180 g/mol. The second kappa shape index (κ2) is 3.19. The Labute approximate surface area is 85.3 Å². The highest BCUT2D eigenvalue weighted by atomic mass is 17.2. The van der Waals surface area contributed by atoms with E-state index in [0.717, 1.165) is 12.3 Å². The first-order valence-corrected chi connectivity index (χ1v) is 5.41. The summed E-state index contributed by atoms with van der Waals surface area (Å²) in [4.78, 5) is 9.96. The molecule has 82 valence electrons. The molecule has 2 fully saturated rings. The van der Waals surface area contributed by atoms with Crippen molar-refractivity contribution in [2.24, 2.45) is 16.7 Å². The number of rotatable bonds is 3. The van der Waals surface area contributed by atoms with Gasteiger partial charge in [-0.1, -0.05) is 20.8 Å². The van der Waals surface area contributed by atoms with Crippen LogP contribution in [0.4, 0.5) is 0 Å². The van der Waals surface area contributed by atoms with Crippen LogP contribution in [-0.4, -0.2) is 18.0 Å². The highest BCUT2D eigenvalue weighted by Gasteiger charge is 2.62. The molecule has 2 bridgehead atoms. The molecule has 0 aliphatic heterocycles. The molecule has 0 radical (unpaired) electrons. The zero-order chi connectivity index (χ0) is 10.4. The molecule has 2 rings (SSSR count). The maximum Gasteiger partial charge on any atom is 0.178 e. The van der Waals surface area contributed by atoms with Gasteiger partial charge >= 0.3 is 0 Å². The van der Waals surface area contributed by atoms with Gasteiger partial charge in [-0.3, -0.25) is 0 Å². The Bertz CT molecular complexity index is 227. The molecule has 0 aromatic rings. The van der Waals surface area contributed by atoms with Gasteiger partial charge in [-0.25, -0.2) is 9.78 Å². The van der Waals surface area contributed by atoms with Crippen molar-refractivity contribution in [1.82, 2.24) is 0 Å². The SMILES string of the molecule is CC1(C)C2CCC1(C)C(OOCO)C2. The van der Waals surface area contributed by atoms with E-state index >= 15 is 0 Å². The second-order valence-electron chi connectivity index (χ2n) is 5.44. The lowest BCUT2D eigenvalue weighted by atomic mass is 9.70. The van der Waals surface area contributed by atoms with Gasteiger partial charge in [0.25, 0.3) is 0 Å². The summed E-state index contributed by atoms with van der Waals surface area (Å²) in [6.45, 7) is 6.59. The summed E-state index contributed by atoms with van der Waals surface area (Å²) in [7, 11) is 0. The summed E-state index contributed by atoms with van der Waals surface area (Å²) in [5, 5.41) is 8.56. The van der Waals surface area contributed by atoms with Crippen molar-refractivity contribution in [2.75, 3.05) is 6.79 Å². The van der Waals surface area contributed by atoms with Crippen molar-refractivity contribution >= 4 is 0 Å². The third-order valence-electron chi connectivity index (χ3n) is 4.95. The Hall–Kier alpha value is -0.120. The Morgan fingerprint density at radius 1 is 1.36 bits per heavy atom. The molecule has 0 heterocycles. The summed E-state index contributed by atoms with van der Waals surface area (Å²) >= 11 is 0. The Morgan fingerprint density at radius 3 is 2.50 bits per heavy atom. The summed E-state index contributed by atoms with van der Waals surface area (Å²) in [6, 6.07) is 0. The van der Waals surface area contributed by atoms with Gasteiger partial charge in [0, 0.05) is 5.41 Å². The van der Waals surface area contributed by atoms with E-state index in [2.05, 4.69) is 25.7 Å². The van der Waals surface area contributed by atoms with E-state index in [4.69, 9.17) is 9.99 Å². The van der Waals surface area contributed by atoms with Gasteiger partial charge < -0.3 is 5.11 Å². The molecule has 0 aromatic carbocycles. The van der Waals surface area contributed by atoms with Crippen molar-refractivity contribution in [3.05, 3.63) is 0 Å². The van der Waals surface area contributed by atoms with Crippen LogP contribution in [0.3, 0.4) is 0 Å². The maximum absolute atomic E-state index is 8.56. The van der Waals surface area contributed by atoms with Crippen LogP contribution >= 0.6 is 0 Å². The fourth-order valence-electron chi connectivity index (χ4n) is 3.39. The molecule has 1 N–H and O–H groups in total. The van der Waals surface area contributed by atoms with Crippen molar-refractivity contribution < 1.29 is 14.9 Å². The minimum absolute atomic E-state index is 0.156. The van der Waals surface area contributed by atoms with Gasteiger partial charge in [0.1, 0.15) is 0 Å². The standard InChI is InChI=1S/C11H20O3/c1-10(2)8-4-5-11(10,3)9(6-8)14-13-7-12/h8-9,12H,4-7H2,1-3H3. The highest BCUT2D eigenvalue weighted by Crippen LogP contribution is 2.66. The van der Waals surface area contributed by atoms with Crippen molar-refractivity contribution in [1.29, 1.82) is 0 Å². The van der Waals surface area contributed by atoms with E-state index in [1.54, 1.807) is 0 Å². The summed E-state index contributed by atoms with van der Waals surface area (Å²) in [5.74, 6) is 0.750. The van der Waals surface area contributed by atoms with Gasteiger partial charge in [-0.05, 0) is 30.6 Å². The van der Waals surface area contributed by atoms with E-state index in [-0.39, 0.29) is 18.3 Å². The summed E-state index contributed by atoms with van der Waals surface area (Å²) in [5.41, 5.74) is 0.559. The van der Waals surface area contributed by atoms with Crippen molar-refractivity contribution in [2.45, 2.75) is 46.1 Å². The summed E-state index contributed by atoms with van der Waals surface area (Å²) in [6.07, 6.45) is 3.75. The molecular formula is C11H20O3. The average molecular weight is 200 g/mol. The zero-order valence-electron chi connectivity index (χ0n) is 9.25. The molecule has 3 nitrogen and oxygen atoms in total. The van der Waals surface area contributed by atoms with Gasteiger partial charge in [-0.2, -0.15) is 0 Å². The molecule has 0 spiro atoms. The number of hydrogen-bond donors (Lipinski definition) is 1. The van der Waals surface area contributed by atoms with Gasteiger partial charge in [0.15, 0.2) is 6.79 Å². The monoisotopic (exact) mass is 200 g/mol. The minimum Gasteiger partial charge on any atom is -0.368 e. The first-order chi connectivity index (χ1) is 6.52. The third kappa shape index (κ3) is 1.16. The fraction of sp³-hybridized carbons (Fsp3) is 1.00. The molecule has 3 heteroatoms. The zero-order valence-corrected chi connectivity index (χ0v) is 9.25. The van der Waals surface area contributed by atoms with Crippen LogP contribution in [-0.2, 0) is 9.78 Å². The first kappa shape index (κ1) is 10.4. The van der Waals surface area contributed by atoms with Crippen LogP contribution in [0.5, 0.6) is 0 Å². The van der Waals surface area contributed by atoms with E-state index in [1.807, 2.05) is 0 Å². The van der Waals surface area contributed by atoms with Crippen LogP contribution in [0.2, 0.25) is 0 Å². The summed E-state index contributed by atoms with van der Waals surface area (Å²) < 4.78 is 0. The predicted octanol–water partition coefficient (Wildman–Crippen LogP) is 2.10. The number of aliphatic hydroxyl groups excluding tert-OH is 1. The van der Waals surface area contributed by atoms with Gasteiger partial charge in [-0.15, -0.1) is 0 Å². The Morgan fingerprint density at radius 2 is 2.07 bits per heavy atom. The fourth-order valence-corrected chi connectivity index (χ4v) is 3.39. The van der Waals surface area contributed by atoms with Crippen LogP contribution in [0.25, 0.3) is 0 Å². The van der Waals surface area contributed by atoms with Crippen LogP contribution < -0.4 is 0 Å². The third-order valence-corrected chi connectivity index (χ3v) is 4.95. The minimum atomic E-state index is -0.350. The topological polar surface area (TPSA) is 38.7 Å². The molecule has 0 saturated heterocycles. The molecule has 14 heavy (non-hydrogen) atoms. The van der Waals surface area contributed by atoms with Crippen molar-refractivity contribution in [3.63, 3.8) is 0 Å². The largest absolute Gasteiger partial charge is 0.368 e. The first-order valence-electron chi connectivity index (χ1n) is 5.41. The van der Waals surface area contributed by atoms with E-state index in [9.17, 15) is 0 Å². The maximum atomic E-state index is 8.56. The van der Waals surface area contributed by atoms with E-state index < -0.39 is 0 Å². The molecule has 2 aliphatic rings. The average Bonchev–Trinajstić information content (AvgIpc) is 2.46. The van der Waals surface area contributed by atoms with Gasteiger partial charge in [0.2, 0.25) is 0 Å². The van der Waals surface area contributed by atoms with E-state index in [1.165, 1.54) is 12.8 Å². The van der Waals surface area contributed by atoms with E-state index in [0.29, 0.717) is 5.41 Å². The van der Waals surface area contributed by atoms with Gasteiger partial charge in [0.05, 0.1) is 6.10 Å². The lowest BCUT2D eigenvalue weighted by Crippen LogP contribution is -2.37. The molecule has 3 unspecified atom stereocenters. The molecule has 0 aromatic heterocycles. The van der Waals surface area contributed by atoms with Crippen LogP contribution in [0.1, 0.15) is 40.0 Å². The van der Waals surface area contributed by atoms with Crippen LogP contribution in [0, 0.1) is 16.7 Å². The molecule has 2 saturated carbocycles. The number of hydrogen-bond acceptors (Lipinski definition) is 3. The van der Waals surface area contributed by atoms with Crippen molar-refractivity contribution in [3.8, 4) is 0 Å². The Balaban J connectivity index is 2.11. The smallest absolute Gasteiger partial charge is 0.178 e. The lowest BCUT2D eigenvalue weighted by Gasteiger charge is -2.37. The highest BCUT2D eigenvalue weighted by molar-refractivity contribution is 5.10. The number of fused-ring (bicyclic) bond motifs is 2. The Kier molecular flexibility index (Phi) is 2.37.